The van der Waals surface area contributed by atoms with Crippen LogP contribution in [0, 0.1) is 15.5 Å². The van der Waals surface area contributed by atoms with Crippen LogP contribution < -0.4 is 5.43 Å². The van der Waals surface area contributed by atoms with Gasteiger partial charge in [-0.3, -0.25) is 14.9 Å². The highest BCUT2D eigenvalue weighted by Crippen LogP contribution is 2.38. The lowest BCUT2D eigenvalue weighted by atomic mass is 9.75. The van der Waals surface area contributed by atoms with E-state index in [1.807, 2.05) is 0 Å². The Morgan fingerprint density at radius 1 is 1.35 bits per heavy atom. The third kappa shape index (κ3) is 3.25. The highest BCUT2D eigenvalue weighted by atomic mass is 79.9. The molecule has 1 aromatic rings. The molecule has 0 unspecified atom stereocenters. The highest BCUT2D eigenvalue weighted by Gasteiger charge is 2.31. The number of thiol groups is 1. The molecule has 1 heterocycles. The second-order valence-corrected chi connectivity index (χ2v) is 6.64. The molecule has 20 heavy (non-hydrogen) atoms. The van der Waals surface area contributed by atoms with E-state index >= 15 is 0 Å². The van der Waals surface area contributed by atoms with E-state index in [0.29, 0.717) is 6.54 Å². The van der Waals surface area contributed by atoms with Crippen LogP contribution in [-0.2, 0) is 6.54 Å². The van der Waals surface area contributed by atoms with Crippen LogP contribution in [0.4, 0.5) is 5.69 Å². The normalized spacial score (nSPS) is 17.9. The summed E-state index contributed by atoms with van der Waals surface area (Å²) >= 11 is 7.58. The molecule has 1 aliphatic carbocycles. The molecular formula is C13H17BrN2O3S. The Labute approximate surface area is 131 Å². The first-order valence-corrected chi connectivity index (χ1v) is 8.05. The maximum Gasteiger partial charge on any atom is 0.333 e. The zero-order chi connectivity index (χ0) is 14.8. The van der Waals surface area contributed by atoms with Crippen molar-refractivity contribution < 1.29 is 4.92 Å². The van der Waals surface area contributed by atoms with Crippen LogP contribution in [0.3, 0.4) is 0 Å². The van der Waals surface area contributed by atoms with Gasteiger partial charge in [0.05, 0.1) is 15.6 Å². The van der Waals surface area contributed by atoms with E-state index in [0.717, 1.165) is 18.6 Å². The second-order valence-electron chi connectivity index (χ2n) is 5.47. The minimum absolute atomic E-state index is 0.0732. The van der Waals surface area contributed by atoms with Gasteiger partial charge in [-0.15, -0.1) is 0 Å². The van der Waals surface area contributed by atoms with Gasteiger partial charge in [0.1, 0.15) is 0 Å². The summed E-state index contributed by atoms with van der Waals surface area (Å²) in [5.74, 6) is 0.755. The van der Waals surface area contributed by atoms with Gasteiger partial charge in [-0.25, -0.2) is 0 Å². The molecule has 0 aliphatic heterocycles. The Hall–Kier alpha value is -0.820. The van der Waals surface area contributed by atoms with Gasteiger partial charge in [0.25, 0.3) is 5.43 Å². The molecule has 1 aromatic heterocycles. The average molecular weight is 361 g/mol. The first-order valence-electron chi connectivity index (χ1n) is 6.62. The van der Waals surface area contributed by atoms with E-state index in [1.165, 1.54) is 25.5 Å². The number of hydrogen-bond acceptors (Lipinski definition) is 4. The molecule has 0 atom stereocenters. The molecule has 5 nitrogen and oxygen atoms in total. The van der Waals surface area contributed by atoms with Crippen LogP contribution in [0.2, 0.25) is 0 Å². The van der Waals surface area contributed by atoms with Crippen molar-refractivity contribution in [3.63, 3.8) is 0 Å². The molecule has 0 spiro atoms. The van der Waals surface area contributed by atoms with Crippen LogP contribution in [0.5, 0.6) is 0 Å². The lowest BCUT2D eigenvalue weighted by Crippen LogP contribution is -2.32. The number of pyridine rings is 1. The molecule has 1 saturated carbocycles. The van der Waals surface area contributed by atoms with Gasteiger partial charge in [-0.2, -0.15) is 12.6 Å². The van der Waals surface area contributed by atoms with Gasteiger partial charge >= 0.3 is 5.69 Å². The number of aromatic nitrogens is 1. The molecule has 2 rings (SSSR count). The molecule has 0 saturated heterocycles. The number of nitrogens with zero attached hydrogens (tertiary/aromatic N) is 2. The minimum Gasteiger partial charge on any atom is -0.346 e. The number of nitro groups is 1. The van der Waals surface area contributed by atoms with Crippen molar-refractivity contribution in [2.75, 3.05) is 5.75 Å². The molecule has 0 amide bonds. The fraction of sp³-hybridized carbons (Fsp3) is 0.615. The highest BCUT2D eigenvalue weighted by molar-refractivity contribution is 9.10. The molecule has 110 valence electrons. The zero-order valence-electron chi connectivity index (χ0n) is 11.0. The maximum absolute atomic E-state index is 11.7. The fourth-order valence-corrected chi connectivity index (χ4v) is 3.74. The summed E-state index contributed by atoms with van der Waals surface area (Å²) in [6.45, 7) is 0.663. The van der Waals surface area contributed by atoms with Gasteiger partial charge in [-0.05, 0) is 39.9 Å². The number of rotatable bonds is 4. The van der Waals surface area contributed by atoms with Gasteiger partial charge < -0.3 is 4.57 Å². The van der Waals surface area contributed by atoms with Crippen LogP contribution in [-0.4, -0.2) is 15.2 Å². The van der Waals surface area contributed by atoms with E-state index in [1.54, 1.807) is 10.8 Å². The molecular weight excluding hydrogens is 344 g/mol. The Balaban J connectivity index is 2.33. The summed E-state index contributed by atoms with van der Waals surface area (Å²) in [4.78, 5) is 22.0. The second kappa shape index (κ2) is 6.30. The van der Waals surface area contributed by atoms with Gasteiger partial charge in [0.15, 0.2) is 0 Å². The third-order valence-electron chi connectivity index (χ3n) is 3.98. The molecule has 0 bridgehead atoms. The van der Waals surface area contributed by atoms with Crippen molar-refractivity contribution in [3.05, 3.63) is 37.2 Å². The zero-order valence-corrected chi connectivity index (χ0v) is 13.5. The molecule has 7 heteroatoms. The Bertz CT molecular complexity index is 567. The lowest BCUT2D eigenvalue weighted by molar-refractivity contribution is -0.386. The summed E-state index contributed by atoms with van der Waals surface area (Å²) in [6, 6.07) is 0. The Kier molecular flexibility index (Phi) is 4.90. The monoisotopic (exact) mass is 360 g/mol. The standard InChI is InChI=1S/C13H17BrN2O3S/c14-10-6-15(7-11(12(10)17)16(18)19)8-13(9-20)4-2-1-3-5-13/h6-7,20H,1-5,8-9H2. The summed E-state index contributed by atoms with van der Waals surface area (Å²) in [5.41, 5.74) is -0.886. The van der Waals surface area contributed by atoms with Gasteiger partial charge in [0, 0.05) is 12.7 Å². The van der Waals surface area contributed by atoms with Crippen LogP contribution in [0.15, 0.2) is 21.7 Å². The predicted molar refractivity (Wildman–Crippen MR) is 84.4 cm³/mol. The minimum atomic E-state index is -0.627. The first-order chi connectivity index (χ1) is 9.47. The van der Waals surface area contributed by atoms with Crippen LogP contribution in [0.1, 0.15) is 32.1 Å². The maximum atomic E-state index is 11.7. The molecule has 1 fully saturated rings. The largest absolute Gasteiger partial charge is 0.346 e. The van der Waals surface area contributed by atoms with E-state index in [-0.39, 0.29) is 15.6 Å². The summed E-state index contributed by atoms with van der Waals surface area (Å²) in [5, 5.41) is 10.9. The topological polar surface area (TPSA) is 65.1 Å². The Morgan fingerprint density at radius 2 is 2.00 bits per heavy atom. The smallest absolute Gasteiger partial charge is 0.333 e. The van der Waals surface area contributed by atoms with E-state index in [2.05, 4.69) is 28.6 Å². The van der Waals surface area contributed by atoms with Gasteiger partial charge in [0.2, 0.25) is 0 Å². The summed E-state index contributed by atoms with van der Waals surface area (Å²) in [6.07, 6.45) is 8.71. The Morgan fingerprint density at radius 3 is 2.55 bits per heavy atom. The number of halogens is 1. The quantitative estimate of drug-likeness (QED) is 0.508. The molecule has 0 radical (unpaired) electrons. The van der Waals surface area contributed by atoms with Crippen LogP contribution in [0.25, 0.3) is 0 Å². The van der Waals surface area contributed by atoms with Crippen molar-refractivity contribution in [3.8, 4) is 0 Å². The fourth-order valence-electron chi connectivity index (χ4n) is 2.86. The van der Waals surface area contributed by atoms with E-state index in [4.69, 9.17) is 0 Å². The van der Waals surface area contributed by atoms with Crippen molar-refractivity contribution in [1.82, 2.24) is 4.57 Å². The molecule has 0 N–H and O–H groups in total. The lowest BCUT2D eigenvalue weighted by Gasteiger charge is -2.36. The first kappa shape index (κ1) is 15.6. The average Bonchev–Trinajstić information content (AvgIpc) is 2.43. The van der Waals surface area contributed by atoms with Crippen molar-refractivity contribution in [1.29, 1.82) is 0 Å². The molecule has 1 aliphatic rings. The van der Waals surface area contributed by atoms with Crippen molar-refractivity contribution in [2.45, 2.75) is 38.6 Å². The summed E-state index contributed by atoms with van der Waals surface area (Å²) < 4.78 is 1.99. The van der Waals surface area contributed by atoms with E-state index in [9.17, 15) is 14.9 Å². The SMILES string of the molecule is O=c1c(Br)cn(CC2(CS)CCCCC2)cc1[N+](=O)[O-]. The summed E-state index contributed by atoms with van der Waals surface area (Å²) in [7, 11) is 0. The van der Waals surface area contributed by atoms with Crippen molar-refractivity contribution >= 4 is 34.2 Å². The van der Waals surface area contributed by atoms with Gasteiger partial charge in [-0.1, -0.05) is 19.3 Å². The third-order valence-corrected chi connectivity index (χ3v) is 5.22. The predicted octanol–water partition coefficient (Wildman–Crippen LogP) is 3.40. The number of hydrogen-bond donors (Lipinski definition) is 1. The molecule has 0 aromatic carbocycles. The van der Waals surface area contributed by atoms with Crippen molar-refractivity contribution in [2.24, 2.45) is 5.41 Å². The van der Waals surface area contributed by atoms with Crippen LogP contribution >= 0.6 is 28.6 Å². The van der Waals surface area contributed by atoms with E-state index < -0.39 is 10.4 Å².